The molecule has 1 aliphatic rings. The molecule has 1 N–H and O–H groups in total. The van der Waals surface area contributed by atoms with Gasteiger partial charge in [0.25, 0.3) is 0 Å². The highest BCUT2D eigenvalue weighted by Gasteiger charge is 2.16. The van der Waals surface area contributed by atoms with Crippen LogP contribution in [0.2, 0.25) is 0 Å². The maximum Gasteiger partial charge on any atom is 0.0598 e. The van der Waals surface area contributed by atoms with Crippen LogP contribution in [0.25, 0.3) is 0 Å². The van der Waals surface area contributed by atoms with E-state index in [9.17, 15) is 0 Å². The molecule has 1 aromatic rings. The van der Waals surface area contributed by atoms with Crippen molar-refractivity contribution >= 4 is 5.69 Å². The summed E-state index contributed by atoms with van der Waals surface area (Å²) in [7, 11) is 0. The minimum absolute atomic E-state index is 0.519. The number of anilines is 1. The molecule has 106 valence electrons. The predicted octanol–water partition coefficient (Wildman–Crippen LogP) is 3.21. The first-order chi connectivity index (χ1) is 9.16. The van der Waals surface area contributed by atoms with E-state index in [1.807, 2.05) is 12.4 Å². The molecule has 19 heavy (non-hydrogen) atoms. The smallest absolute Gasteiger partial charge is 0.0598 e. The summed E-state index contributed by atoms with van der Waals surface area (Å²) >= 11 is 0. The molecule has 2 rings (SSSR count). The Labute approximate surface area is 117 Å². The molecule has 2 heterocycles. The van der Waals surface area contributed by atoms with E-state index >= 15 is 0 Å². The fraction of sp³-hybridized carbons (Fsp3) is 0.688. The molecule has 0 aromatic carbocycles. The summed E-state index contributed by atoms with van der Waals surface area (Å²) < 4.78 is 0. The summed E-state index contributed by atoms with van der Waals surface area (Å²) in [6, 6.07) is 2.67. The van der Waals surface area contributed by atoms with Gasteiger partial charge in [0.2, 0.25) is 0 Å². The van der Waals surface area contributed by atoms with Crippen molar-refractivity contribution < 1.29 is 0 Å². The molecule has 0 amide bonds. The van der Waals surface area contributed by atoms with Gasteiger partial charge in [0.1, 0.15) is 0 Å². The van der Waals surface area contributed by atoms with Gasteiger partial charge in [-0.25, -0.2) is 0 Å². The monoisotopic (exact) mass is 261 g/mol. The molecular formula is C16H27N3. The van der Waals surface area contributed by atoms with E-state index in [-0.39, 0.29) is 0 Å². The van der Waals surface area contributed by atoms with Crippen molar-refractivity contribution in [1.29, 1.82) is 0 Å². The Morgan fingerprint density at radius 1 is 1.37 bits per heavy atom. The van der Waals surface area contributed by atoms with Gasteiger partial charge in [-0.05, 0) is 36.8 Å². The molecule has 1 saturated heterocycles. The number of hydrogen-bond donors (Lipinski definition) is 1. The first-order valence-electron chi connectivity index (χ1n) is 7.58. The second-order valence-corrected chi connectivity index (χ2v) is 6.06. The zero-order valence-electron chi connectivity index (χ0n) is 12.5. The summed E-state index contributed by atoms with van der Waals surface area (Å²) in [5.41, 5.74) is 2.70. The largest absolute Gasteiger partial charge is 0.370 e. The average molecular weight is 261 g/mol. The van der Waals surface area contributed by atoms with Crippen molar-refractivity contribution in [3.63, 3.8) is 0 Å². The van der Waals surface area contributed by atoms with Crippen molar-refractivity contribution in [3.8, 4) is 0 Å². The van der Waals surface area contributed by atoms with Crippen molar-refractivity contribution in [2.45, 2.75) is 52.6 Å². The van der Waals surface area contributed by atoms with Crippen molar-refractivity contribution in [2.24, 2.45) is 5.92 Å². The van der Waals surface area contributed by atoms with Crippen LogP contribution in [-0.2, 0) is 6.54 Å². The van der Waals surface area contributed by atoms with Gasteiger partial charge in [0.15, 0.2) is 0 Å². The highest BCUT2D eigenvalue weighted by atomic mass is 15.1. The quantitative estimate of drug-likeness (QED) is 0.902. The SMILES string of the molecule is CC1CCCN(c2cnccc2CNC(C)C)CC1. The van der Waals surface area contributed by atoms with E-state index in [1.54, 1.807) is 0 Å². The highest BCUT2D eigenvalue weighted by molar-refractivity contribution is 5.51. The van der Waals surface area contributed by atoms with Crippen LogP contribution < -0.4 is 10.2 Å². The zero-order chi connectivity index (χ0) is 13.7. The molecular weight excluding hydrogens is 234 g/mol. The van der Waals surface area contributed by atoms with Gasteiger partial charge in [-0.2, -0.15) is 0 Å². The summed E-state index contributed by atoms with van der Waals surface area (Å²) in [6.45, 7) is 10.0. The van der Waals surface area contributed by atoms with Gasteiger partial charge in [0.05, 0.1) is 11.9 Å². The van der Waals surface area contributed by atoms with Gasteiger partial charge in [-0.3, -0.25) is 4.98 Å². The predicted molar refractivity (Wildman–Crippen MR) is 81.4 cm³/mol. The second kappa shape index (κ2) is 6.90. The fourth-order valence-corrected chi connectivity index (χ4v) is 2.67. The van der Waals surface area contributed by atoms with Crippen LogP contribution in [0.15, 0.2) is 18.5 Å². The summed E-state index contributed by atoms with van der Waals surface area (Å²) in [4.78, 5) is 6.85. The third-order valence-corrected chi connectivity index (χ3v) is 3.95. The number of hydrogen-bond acceptors (Lipinski definition) is 3. The van der Waals surface area contributed by atoms with E-state index in [2.05, 4.69) is 42.0 Å². The zero-order valence-corrected chi connectivity index (χ0v) is 12.5. The van der Waals surface area contributed by atoms with E-state index < -0.39 is 0 Å². The lowest BCUT2D eigenvalue weighted by Crippen LogP contribution is -2.28. The average Bonchev–Trinajstić information content (AvgIpc) is 2.61. The standard InChI is InChI=1S/C16H27N3/c1-13(2)18-11-15-6-8-17-12-16(15)19-9-4-5-14(3)7-10-19/h6,8,12-14,18H,4-5,7,9-11H2,1-3H3. The number of aromatic nitrogens is 1. The Morgan fingerprint density at radius 3 is 3.00 bits per heavy atom. The van der Waals surface area contributed by atoms with E-state index in [4.69, 9.17) is 0 Å². The van der Waals surface area contributed by atoms with Crippen molar-refractivity contribution in [3.05, 3.63) is 24.0 Å². The molecule has 0 aliphatic carbocycles. The molecule has 1 aromatic heterocycles. The van der Waals surface area contributed by atoms with Crippen LogP contribution >= 0.6 is 0 Å². The summed E-state index contributed by atoms with van der Waals surface area (Å²) in [5, 5.41) is 3.51. The third kappa shape index (κ3) is 4.20. The molecule has 0 spiro atoms. The lowest BCUT2D eigenvalue weighted by molar-refractivity contribution is 0.521. The summed E-state index contributed by atoms with van der Waals surface area (Å²) in [5.74, 6) is 0.860. The van der Waals surface area contributed by atoms with Gasteiger partial charge >= 0.3 is 0 Å². The number of pyridine rings is 1. The lowest BCUT2D eigenvalue weighted by Gasteiger charge is -2.25. The van der Waals surface area contributed by atoms with E-state index in [1.165, 1.54) is 43.6 Å². The Hall–Kier alpha value is -1.09. The molecule has 0 saturated carbocycles. The number of rotatable bonds is 4. The topological polar surface area (TPSA) is 28.2 Å². The van der Waals surface area contributed by atoms with Crippen LogP contribution in [0.5, 0.6) is 0 Å². The summed E-state index contributed by atoms with van der Waals surface area (Å²) in [6.07, 6.45) is 7.89. The Morgan fingerprint density at radius 2 is 2.21 bits per heavy atom. The van der Waals surface area contributed by atoms with Crippen molar-refractivity contribution in [1.82, 2.24) is 10.3 Å². The van der Waals surface area contributed by atoms with E-state index in [0.29, 0.717) is 6.04 Å². The minimum Gasteiger partial charge on any atom is -0.370 e. The van der Waals surface area contributed by atoms with E-state index in [0.717, 1.165) is 12.5 Å². The normalized spacial score (nSPS) is 20.6. The second-order valence-electron chi connectivity index (χ2n) is 6.06. The molecule has 1 fully saturated rings. The molecule has 0 bridgehead atoms. The van der Waals surface area contributed by atoms with Crippen LogP contribution in [-0.4, -0.2) is 24.1 Å². The first-order valence-corrected chi connectivity index (χ1v) is 7.58. The van der Waals surface area contributed by atoms with Gasteiger partial charge in [-0.15, -0.1) is 0 Å². The number of nitrogens with one attached hydrogen (secondary N) is 1. The van der Waals surface area contributed by atoms with Crippen LogP contribution in [0.1, 0.15) is 45.6 Å². The Balaban J connectivity index is 2.09. The molecule has 1 aliphatic heterocycles. The molecule has 1 atom stereocenters. The van der Waals surface area contributed by atoms with Crippen LogP contribution in [0.3, 0.4) is 0 Å². The van der Waals surface area contributed by atoms with Gasteiger partial charge in [0, 0.05) is 31.9 Å². The fourth-order valence-electron chi connectivity index (χ4n) is 2.67. The Bertz CT molecular complexity index is 389. The molecule has 3 heteroatoms. The molecule has 1 unspecified atom stereocenters. The minimum atomic E-state index is 0.519. The van der Waals surface area contributed by atoms with Crippen LogP contribution in [0.4, 0.5) is 5.69 Å². The maximum atomic E-state index is 4.33. The van der Waals surface area contributed by atoms with Crippen LogP contribution in [0, 0.1) is 5.92 Å². The van der Waals surface area contributed by atoms with Crippen molar-refractivity contribution in [2.75, 3.05) is 18.0 Å². The molecule has 3 nitrogen and oxygen atoms in total. The molecule has 0 radical (unpaired) electrons. The lowest BCUT2D eigenvalue weighted by atomic mass is 10.0. The Kier molecular flexibility index (Phi) is 5.20. The first kappa shape index (κ1) is 14.3. The van der Waals surface area contributed by atoms with Gasteiger partial charge in [-0.1, -0.05) is 20.8 Å². The highest BCUT2D eigenvalue weighted by Crippen LogP contribution is 2.24. The third-order valence-electron chi connectivity index (χ3n) is 3.95. The number of nitrogens with zero attached hydrogens (tertiary/aromatic N) is 2. The maximum absolute atomic E-state index is 4.33. The van der Waals surface area contributed by atoms with Gasteiger partial charge < -0.3 is 10.2 Å².